The molecule has 0 amide bonds. The van der Waals surface area contributed by atoms with Crippen LogP contribution < -0.4 is 14.8 Å². The summed E-state index contributed by atoms with van der Waals surface area (Å²) in [6.45, 7) is 1.49. The Morgan fingerprint density at radius 3 is 2.20 bits per heavy atom. The second-order valence-electron chi connectivity index (χ2n) is 6.94. The van der Waals surface area contributed by atoms with Gasteiger partial charge in [-0.05, 0) is 35.9 Å². The fraction of sp³-hybridized carbons (Fsp3) is 0.160. The molecule has 1 heterocycles. The highest BCUT2D eigenvalue weighted by molar-refractivity contribution is 5.67. The summed E-state index contributed by atoms with van der Waals surface area (Å²) in [5.74, 6) is 1.39. The zero-order valence-electron chi connectivity index (χ0n) is 17.2. The number of nitrogens with zero attached hydrogens (tertiary/aromatic N) is 2. The number of para-hydroxylation sites is 1. The molecule has 3 aromatic carbocycles. The van der Waals surface area contributed by atoms with Gasteiger partial charge in [-0.1, -0.05) is 48.5 Å². The summed E-state index contributed by atoms with van der Waals surface area (Å²) in [7, 11) is 3.28. The Morgan fingerprint density at radius 2 is 1.50 bits per heavy atom. The van der Waals surface area contributed by atoms with Gasteiger partial charge in [-0.15, -0.1) is 0 Å². The number of hydrogen-bond acceptors (Lipinski definition) is 4. The van der Waals surface area contributed by atoms with Crippen LogP contribution in [0.1, 0.15) is 11.1 Å². The van der Waals surface area contributed by atoms with E-state index < -0.39 is 0 Å². The van der Waals surface area contributed by atoms with Gasteiger partial charge in [0.25, 0.3) is 0 Å². The van der Waals surface area contributed by atoms with Crippen molar-refractivity contribution in [1.29, 1.82) is 0 Å². The molecule has 152 valence electrons. The molecule has 5 heteroatoms. The lowest BCUT2D eigenvalue weighted by Crippen LogP contribution is -2.12. The number of methoxy groups -OCH3 is 2. The fourth-order valence-corrected chi connectivity index (χ4v) is 3.42. The molecule has 1 N–H and O–H groups in total. The Bertz CT molecular complexity index is 1090. The molecule has 0 saturated heterocycles. The van der Waals surface area contributed by atoms with E-state index in [1.807, 2.05) is 59.3 Å². The summed E-state index contributed by atoms with van der Waals surface area (Å²) < 4.78 is 12.8. The van der Waals surface area contributed by atoms with E-state index in [2.05, 4.69) is 35.8 Å². The second kappa shape index (κ2) is 9.29. The highest BCUT2D eigenvalue weighted by atomic mass is 16.5. The van der Waals surface area contributed by atoms with Gasteiger partial charge in [-0.25, -0.2) is 4.68 Å². The van der Waals surface area contributed by atoms with Crippen molar-refractivity contribution in [1.82, 2.24) is 15.1 Å². The van der Waals surface area contributed by atoms with Crippen LogP contribution in [0.4, 0.5) is 0 Å². The lowest BCUT2D eigenvalue weighted by molar-refractivity contribution is 0.355. The topological polar surface area (TPSA) is 48.3 Å². The monoisotopic (exact) mass is 399 g/mol. The Kier molecular flexibility index (Phi) is 6.11. The SMILES string of the molecule is COc1ccc(-c2nn(-c3ccccc3)cc2CNCc2ccccc2)cc1OC. The van der Waals surface area contributed by atoms with Crippen molar-refractivity contribution in [3.8, 4) is 28.4 Å². The van der Waals surface area contributed by atoms with E-state index in [9.17, 15) is 0 Å². The van der Waals surface area contributed by atoms with E-state index in [0.717, 1.165) is 29.1 Å². The molecule has 0 aliphatic carbocycles. The summed E-state index contributed by atoms with van der Waals surface area (Å²) in [6, 6.07) is 26.4. The van der Waals surface area contributed by atoms with Crippen LogP contribution in [0, 0.1) is 0 Å². The zero-order valence-corrected chi connectivity index (χ0v) is 17.2. The molecule has 0 fully saturated rings. The van der Waals surface area contributed by atoms with Crippen LogP contribution >= 0.6 is 0 Å². The largest absolute Gasteiger partial charge is 0.493 e. The molecule has 0 aliphatic rings. The molecular weight excluding hydrogens is 374 g/mol. The minimum atomic E-state index is 0.687. The van der Waals surface area contributed by atoms with E-state index in [-0.39, 0.29) is 0 Å². The highest BCUT2D eigenvalue weighted by Gasteiger charge is 2.15. The first-order valence-electron chi connectivity index (χ1n) is 9.89. The number of benzene rings is 3. The van der Waals surface area contributed by atoms with Gasteiger partial charge in [-0.2, -0.15) is 5.10 Å². The molecule has 4 aromatic rings. The maximum Gasteiger partial charge on any atom is 0.161 e. The number of aromatic nitrogens is 2. The molecule has 0 bridgehead atoms. The third kappa shape index (κ3) is 4.36. The van der Waals surface area contributed by atoms with Crippen molar-refractivity contribution >= 4 is 0 Å². The average Bonchev–Trinajstić information content (AvgIpc) is 3.24. The minimum Gasteiger partial charge on any atom is -0.493 e. The highest BCUT2D eigenvalue weighted by Crippen LogP contribution is 2.33. The fourth-order valence-electron chi connectivity index (χ4n) is 3.42. The molecule has 4 rings (SSSR count). The standard InChI is InChI=1S/C25H25N3O2/c1-29-23-14-13-20(15-24(23)30-2)25-21(17-26-16-19-9-5-3-6-10-19)18-28(27-25)22-11-7-4-8-12-22/h3-15,18,26H,16-17H2,1-2H3. The zero-order chi connectivity index (χ0) is 20.8. The number of ether oxygens (including phenoxy) is 2. The van der Waals surface area contributed by atoms with E-state index >= 15 is 0 Å². The predicted octanol–water partition coefficient (Wildman–Crippen LogP) is 4.85. The molecule has 0 aliphatic heterocycles. The van der Waals surface area contributed by atoms with Gasteiger partial charge in [-0.3, -0.25) is 0 Å². The van der Waals surface area contributed by atoms with E-state index in [1.54, 1.807) is 14.2 Å². The third-order valence-electron chi connectivity index (χ3n) is 4.96. The van der Waals surface area contributed by atoms with E-state index in [0.29, 0.717) is 18.0 Å². The summed E-state index contributed by atoms with van der Waals surface area (Å²) >= 11 is 0. The smallest absolute Gasteiger partial charge is 0.161 e. The molecule has 0 radical (unpaired) electrons. The lowest BCUT2D eigenvalue weighted by Gasteiger charge is -2.10. The van der Waals surface area contributed by atoms with Gasteiger partial charge >= 0.3 is 0 Å². The molecule has 0 unspecified atom stereocenters. The van der Waals surface area contributed by atoms with Crippen molar-refractivity contribution in [3.05, 3.63) is 96.2 Å². The quantitative estimate of drug-likeness (QED) is 0.460. The van der Waals surface area contributed by atoms with Crippen LogP contribution in [0.3, 0.4) is 0 Å². The first-order chi connectivity index (χ1) is 14.8. The Morgan fingerprint density at radius 1 is 0.800 bits per heavy atom. The summed E-state index contributed by atoms with van der Waals surface area (Å²) in [4.78, 5) is 0. The number of nitrogens with one attached hydrogen (secondary N) is 1. The summed E-state index contributed by atoms with van der Waals surface area (Å²) in [5, 5.41) is 8.42. The van der Waals surface area contributed by atoms with Gasteiger partial charge in [0.15, 0.2) is 11.5 Å². The van der Waals surface area contributed by atoms with E-state index in [4.69, 9.17) is 14.6 Å². The molecule has 1 aromatic heterocycles. The van der Waals surface area contributed by atoms with Crippen molar-refractivity contribution < 1.29 is 9.47 Å². The Hall–Kier alpha value is -3.57. The maximum atomic E-state index is 5.49. The van der Waals surface area contributed by atoms with Crippen molar-refractivity contribution in [2.24, 2.45) is 0 Å². The summed E-state index contributed by atoms with van der Waals surface area (Å²) in [5.41, 5.74) is 5.29. The average molecular weight is 399 g/mol. The number of rotatable bonds is 8. The van der Waals surface area contributed by atoms with Gasteiger partial charge < -0.3 is 14.8 Å². The molecule has 30 heavy (non-hydrogen) atoms. The third-order valence-corrected chi connectivity index (χ3v) is 4.96. The Balaban J connectivity index is 1.66. The van der Waals surface area contributed by atoms with E-state index in [1.165, 1.54) is 5.56 Å². The first-order valence-corrected chi connectivity index (χ1v) is 9.89. The van der Waals surface area contributed by atoms with Gasteiger partial charge in [0.05, 0.1) is 25.6 Å². The van der Waals surface area contributed by atoms with Gasteiger partial charge in [0.2, 0.25) is 0 Å². The maximum absolute atomic E-state index is 5.49. The predicted molar refractivity (Wildman–Crippen MR) is 119 cm³/mol. The first kappa shape index (κ1) is 19.7. The normalized spacial score (nSPS) is 10.7. The van der Waals surface area contributed by atoms with Gasteiger partial charge in [0, 0.05) is 30.4 Å². The van der Waals surface area contributed by atoms with Crippen LogP contribution in [0.2, 0.25) is 0 Å². The lowest BCUT2D eigenvalue weighted by atomic mass is 10.1. The van der Waals surface area contributed by atoms with Crippen molar-refractivity contribution in [3.63, 3.8) is 0 Å². The molecule has 0 saturated carbocycles. The van der Waals surface area contributed by atoms with Crippen LogP contribution in [0.5, 0.6) is 11.5 Å². The molecular formula is C25H25N3O2. The van der Waals surface area contributed by atoms with Crippen molar-refractivity contribution in [2.45, 2.75) is 13.1 Å². The van der Waals surface area contributed by atoms with Crippen LogP contribution in [0.15, 0.2) is 85.1 Å². The minimum absolute atomic E-state index is 0.687. The van der Waals surface area contributed by atoms with Crippen molar-refractivity contribution in [2.75, 3.05) is 14.2 Å². The Labute approximate surface area is 176 Å². The second-order valence-corrected chi connectivity index (χ2v) is 6.94. The van der Waals surface area contributed by atoms with Crippen LogP contribution in [-0.2, 0) is 13.1 Å². The molecule has 0 spiro atoms. The molecule has 0 atom stereocenters. The molecule has 5 nitrogen and oxygen atoms in total. The van der Waals surface area contributed by atoms with Crippen LogP contribution in [-0.4, -0.2) is 24.0 Å². The summed E-state index contributed by atoms with van der Waals surface area (Å²) in [6.07, 6.45) is 2.08. The van der Waals surface area contributed by atoms with Gasteiger partial charge in [0.1, 0.15) is 0 Å². The number of hydrogen-bond donors (Lipinski definition) is 1. The van der Waals surface area contributed by atoms with Crippen LogP contribution in [0.25, 0.3) is 16.9 Å².